The molecule has 24 heavy (non-hydrogen) atoms. The molecule has 6 nitrogen and oxygen atoms in total. The van der Waals surface area contributed by atoms with E-state index < -0.39 is 0 Å². The van der Waals surface area contributed by atoms with Crippen molar-refractivity contribution in [3.8, 4) is 0 Å². The van der Waals surface area contributed by atoms with E-state index in [0.717, 1.165) is 12.0 Å². The van der Waals surface area contributed by atoms with Gasteiger partial charge in [0.25, 0.3) is 0 Å². The Morgan fingerprint density at radius 2 is 2.17 bits per heavy atom. The van der Waals surface area contributed by atoms with Crippen molar-refractivity contribution in [3.05, 3.63) is 47.1 Å². The van der Waals surface area contributed by atoms with E-state index in [1.807, 2.05) is 31.2 Å². The number of aromatic nitrogens is 2. The summed E-state index contributed by atoms with van der Waals surface area (Å²) in [5, 5.41) is 7.94. The van der Waals surface area contributed by atoms with Gasteiger partial charge < -0.3 is 9.64 Å². The van der Waals surface area contributed by atoms with Gasteiger partial charge in [-0.05, 0) is 31.0 Å². The number of carbonyl (C=O) groups is 1. The SMILES string of the molecule is C[C@@H]1CN(C(=O)Nc2ccnn2Cc2ccc(Cl)cc2)CCCO1. The van der Waals surface area contributed by atoms with Gasteiger partial charge in [0.15, 0.2) is 0 Å². The van der Waals surface area contributed by atoms with Gasteiger partial charge in [0.1, 0.15) is 5.82 Å². The van der Waals surface area contributed by atoms with Crippen LogP contribution in [0.1, 0.15) is 18.9 Å². The Labute approximate surface area is 146 Å². The summed E-state index contributed by atoms with van der Waals surface area (Å²) in [6, 6.07) is 9.26. The summed E-state index contributed by atoms with van der Waals surface area (Å²) in [7, 11) is 0. The van der Waals surface area contributed by atoms with Crippen molar-refractivity contribution in [3.63, 3.8) is 0 Å². The lowest BCUT2D eigenvalue weighted by Gasteiger charge is -2.22. The van der Waals surface area contributed by atoms with E-state index in [1.54, 1.807) is 21.8 Å². The van der Waals surface area contributed by atoms with Crippen LogP contribution < -0.4 is 5.32 Å². The number of halogens is 1. The van der Waals surface area contributed by atoms with Gasteiger partial charge in [0.05, 0.1) is 18.8 Å². The second-order valence-corrected chi connectivity index (χ2v) is 6.35. The highest BCUT2D eigenvalue weighted by atomic mass is 35.5. The molecule has 0 saturated carbocycles. The molecule has 1 aromatic heterocycles. The normalized spacial score (nSPS) is 18.2. The third-order valence-corrected chi connectivity index (χ3v) is 4.19. The number of urea groups is 1. The van der Waals surface area contributed by atoms with Crippen LogP contribution in [-0.2, 0) is 11.3 Å². The summed E-state index contributed by atoms with van der Waals surface area (Å²) in [6.07, 6.45) is 2.58. The predicted octanol–water partition coefficient (Wildman–Crippen LogP) is 3.23. The van der Waals surface area contributed by atoms with E-state index in [4.69, 9.17) is 16.3 Å². The van der Waals surface area contributed by atoms with Crippen molar-refractivity contribution in [2.24, 2.45) is 0 Å². The minimum Gasteiger partial charge on any atom is -0.377 e. The summed E-state index contributed by atoms with van der Waals surface area (Å²) in [5.74, 6) is 0.674. The fourth-order valence-corrected chi connectivity index (χ4v) is 2.82. The molecule has 1 N–H and O–H groups in total. The molecule has 0 aliphatic carbocycles. The highest BCUT2D eigenvalue weighted by molar-refractivity contribution is 6.30. The number of anilines is 1. The minimum atomic E-state index is -0.120. The van der Waals surface area contributed by atoms with Crippen LogP contribution in [0.5, 0.6) is 0 Å². The maximum Gasteiger partial charge on any atom is 0.323 e. The van der Waals surface area contributed by atoms with Gasteiger partial charge >= 0.3 is 6.03 Å². The molecule has 1 aromatic carbocycles. The highest BCUT2D eigenvalue weighted by Gasteiger charge is 2.20. The molecule has 0 radical (unpaired) electrons. The first-order valence-corrected chi connectivity index (χ1v) is 8.43. The van der Waals surface area contributed by atoms with E-state index in [2.05, 4.69) is 10.4 Å². The molecule has 1 aliphatic rings. The van der Waals surface area contributed by atoms with Gasteiger partial charge in [-0.15, -0.1) is 0 Å². The van der Waals surface area contributed by atoms with Gasteiger partial charge in [-0.25, -0.2) is 9.48 Å². The maximum absolute atomic E-state index is 12.5. The number of amides is 2. The van der Waals surface area contributed by atoms with Crippen LogP contribution in [-0.4, -0.2) is 46.5 Å². The molecule has 1 fully saturated rings. The Morgan fingerprint density at radius 3 is 2.96 bits per heavy atom. The zero-order valence-electron chi connectivity index (χ0n) is 13.6. The van der Waals surface area contributed by atoms with Crippen molar-refractivity contribution < 1.29 is 9.53 Å². The summed E-state index contributed by atoms with van der Waals surface area (Å²) < 4.78 is 7.34. The lowest BCUT2D eigenvalue weighted by molar-refractivity contribution is 0.0718. The van der Waals surface area contributed by atoms with Gasteiger partial charge in [0, 0.05) is 30.8 Å². The van der Waals surface area contributed by atoms with Crippen molar-refractivity contribution in [1.29, 1.82) is 0 Å². The number of hydrogen-bond acceptors (Lipinski definition) is 3. The van der Waals surface area contributed by atoms with Crippen LogP contribution in [0.2, 0.25) is 5.02 Å². The van der Waals surface area contributed by atoms with Gasteiger partial charge in [-0.1, -0.05) is 23.7 Å². The molecule has 3 rings (SSSR count). The van der Waals surface area contributed by atoms with Crippen LogP contribution in [0, 0.1) is 0 Å². The minimum absolute atomic E-state index is 0.0530. The number of ether oxygens (including phenoxy) is 1. The van der Waals surface area contributed by atoms with Crippen LogP contribution in [0.25, 0.3) is 0 Å². The standard InChI is InChI=1S/C17H21ClN4O2/c1-13-11-21(9-2-10-24-13)17(23)20-16-7-8-19-22(16)12-14-3-5-15(18)6-4-14/h3-8,13H,2,9-12H2,1H3,(H,20,23)/t13-/m1/s1. The van der Waals surface area contributed by atoms with Crippen LogP contribution in [0.15, 0.2) is 36.5 Å². The molecule has 0 bridgehead atoms. The Balaban J connectivity index is 1.66. The number of nitrogens with zero attached hydrogens (tertiary/aromatic N) is 3. The first-order chi connectivity index (χ1) is 11.6. The monoisotopic (exact) mass is 348 g/mol. The number of hydrogen-bond donors (Lipinski definition) is 1. The Kier molecular flexibility index (Phi) is 5.37. The maximum atomic E-state index is 12.5. The zero-order chi connectivity index (χ0) is 16.9. The summed E-state index contributed by atoms with van der Waals surface area (Å²) >= 11 is 5.91. The average Bonchev–Trinajstić information content (AvgIpc) is 2.86. The lowest BCUT2D eigenvalue weighted by Crippen LogP contribution is -2.39. The third kappa shape index (κ3) is 4.27. The number of carbonyl (C=O) groups excluding carboxylic acids is 1. The fourth-order valence-electron chi connectivity index (χ4n) is 2.69. The third-order valence-electron chi connectivity index (χ3n) is 3.94. The molecular formula is C17H21ClN4O2. The average molecular weight is 349 g/mol. The van der Waals surface area contributed by atoms with Gasteiger partial charge in [0.2, 0.25) is 0 Å². The number of rotatable bonds is 3. The van der Waals surface area contributed by atoms with Crippen LogP contribution in [0.3, 0.4) is 0 Å². The molecule has 1 saturated heterocycles. The molecule has 7 heteroatoms. The molecule has 0 spiro atoms. The first kappa shape index (κ1) is 16.8. The Morgan fingerprint density at radius 1 is 1.38 bits per heavy atom. The molecule has 1 atom stereocenters. The summed E-state index contributed by atoms with van der Waals surface area (Å²) in [6.45, 7) is 4.54. The lowest BCUT2D eigenvalue weighted by atomic mass is 10.2. The van der Waals surface area contributed by atoms with E-state index in [9.17, 15) is 4.79 Å². The van der Waals surface area contributed by atoms with Gasteiger partial charge in [-0.2, -0.15) is 5.10 Å². The Bertz CT molecular complexity index is 686. The fraction of sp³-hybridized carbons (Fsp3) is 0.412. The molecule has 2 amide bonds. The first-order valence-electron chi connectivity index (χ1n) is 8.05. The van der Waals surface area contributed by atoms with Crippen molar-refractivity contribution >= 4 is 23.4 Å². The molecule has 2 heterocycles. The second kappa shape index (κ2) is 7.68. The second-order valence-electron chi connectivity index (χ2n) is 5.91. The largest absolute Gasteiger partial charge is 0.377 e. The molecule has 2 aromatic rings. The van der Waals surface area contributed by atoms with Crippen molar-refractivity contribution in [1.82, 2.24) is 14.7 Å². The van der Waals surface area contributed by atoms with E-state index in [1.165, 1.54) is 0 Å². The molecule has 1 aliphatic heterocycles. The molecule has 0 unspecified atom stereocenters. The zero-order valence-corrected chi connectivity index (χ0v) is 14.4. The van der Waals surface area contributed by atoms with Crippen molar-refractivity contribution in [2.75, 3.05) is 25.0 Å². The van der Waals surface area contributed by atoms with E-state index in [-0.39, 0.29) is 12.1 Å². The number of nitrogens with one attached hydrogen (secondary N) is 1. The van der Waals surface area contributed by atoms with Crippen LogP contribution in [0.4, 0.5) is 10.6 Å². The Hall–Kier alpha value is -2.05. The summed E-state index contributed by atoms with van der Waals surface area (Å²) in [5.41, 5.74) is 1.07. The quantitative estimate of drug-likeness (QED) is 0.926. The predicted molar refractivity (Wildman–Crippen MR) is 93.4 cm³/mol. The summed E-state index contributed by atoms with van der Waals surface area (Å²) in [4.78, 5) is 14.3. The van der Waals surface area contributed by atoms with E-state index in [0.29, 0.717) is 37.1 Å². The molecular weight excluding hydrogens is 328 g/mol. The number of benzene rings is 1. The highest BCUT2D eigenvalue weighted by Crippen LogP contribution is 2.15. The smallest absolute Gasteiger partial charge is 0.323 e. The molecule has 128 valence electrons. The topological polar surface area (TPSA) is 59.4 Å². The van der Waals surface area contributed by atoms with Gasteiger partial charge in [-0.3, -0.25) is 5.32 Å². The van der Waals surface area contributed by atoms with Crippen molar-refractivity contribution in [2.45, 2.75) is 26.0 Å². The van der Waals surface area contributed by atoms with Crippen LogP contribution >= 0.6 is 11.6 Å². The van der Waals surface area contributed by atoms with E-state index >= 15 is 0 Å².